The van der Waals surface area contributed by atoms with Crippen molar-refractivity contribution in [2.75, 3.05) is 0 Å². The molecule has 6 heterocycles. The van der Waals surface area contributed by atoms with Gasteiger partial charge in [0.2, 0.25) is 11.8 Å². The molecule has 16 nitrogen and oxygen atoms in total. The summed E-state index contributed by atoms with van der Waals surface area (Å²) in [6.45, 7) is 3.79. The molecule has 3 N–H and O–H groups in total. The van der Waals surface area contributed by atoms with Gasteiger partial charge in [-0.05, 0) is 86.1 Å². The van der Waals surface area contributed by atoms with Gasteiger partial charge in [0.15, 0.2) is 11.6 Å². The van der Waals surface area contributed by atoms with E-state index in [1.54, 1.807) is 49.1 Å². The molecule has 0 amide bonds. The number of nitrogens with zero attached hydrogens (tertiary/aromatic N) is 9. The van der Waals surface area contributed by atoms with Crippen LogP contribution in [-0.4, -0.2) is 60.0 Å². The topological polar surface area (TPSA) is 225 Å². The third kappa shape index (κ3) is 8.81. The Morgan fingerprint density at radius 1 is 0.721 bits per heavy atom. The van der Waals surface area contributed by atoms with Crippen LogP contribution >= 0.6 is 34.8 Å². The Balaban J connectivity index is 0.000000141. The molecule has 0 unspecified atom stereocenters. The highest BCUT2D eigenvalue weighted by molar-refractivity contribution is 6.30. The van der Waals surface area contributed by atoms with Crippen molar-refractivity contribution in [2.45, 2.75) is 75.0 Å². The second kappa shape index (κ2) is 17.2. The Kier molecular flexibility index (Phi) is 11.8. The van der Waals surface area contributed by atoms with Crippen LogP contribution < -0.4 is 11.1 Å². The SMILES string of the molecule is Cc1cncc2nc[nH]c(=O)c12.Cc1cncc2ncn(Cc3nc(C4CC(O)(c5ccc(Cl)cc5)C4)no3)c(=O)c12.OC1(c2ccc(Cl)cc2)CC(c2noc(CCl)n2)C1. The van der Waals surface area contributed by atoms with E-state index in [1.165, 1.54) is 17.2 Å². The molecule has 0 aliphatic heterocycles. The van der Waals surface area contributed by atoms with Crippen LogP contribution in [0, 0.1) is 13.8 Å². The first-order valence-electron chi connectivity index (χ1n) is 19.1. The quantitative estimate of drug-likeness (QED) is 0.140. The van der Waals surface area contributed by atoms with Gasteiger partial charge < -0.3 is 24.2 Å². The number of halogens is 3. The van der Waals surface area contributed by atoms with E-state index in [0.717, 1.165) is 22.3 Å². The fourth-order valence-electron chi connectivity index (χ4n) is 7.54. The van der Waals surface area contributed by atoms with E-state index in [2.05, 4.69) is 45.2 Å². The van der Waals surface area contributed by atoms with Crippen molar-refractivity contribution in [3.05, 3.63) is 162 Å². The Bertz CT molecular complexity index is 2940. The lowest BCUT2D eigenvalue weighted by atomic mass is 9.67. The molecule has 312 valence electrons. The summed E-state index contributed by atoms with van der Waals surface area (Å²) >= 11 is 17.4. The van der Waals surface area contributed by atoms with Crippen LogP contribution in [-0.2, 0) is 23.6 Å². The molecule has 0 atom stereocenters. The number of pyridine rings is 2. The molecule has 2 aromatic carbocycles. The summed E-state index contributed by atoms with van der Waals surface area (Å²) in [5.74, 6) is 2.20. The number of aromatic amines is 1. The number of fused-ring (bicyclic) bond motifs is 2. The number of aryl methyl sites for hydroxylation is 2. The van der Waals surface area contributed by atoms with Gasteiger partial charge in [0, 0.05) is 34.3 Å². The summed E-state index contributed by atoms with van der Waals surface area (Å²) in [5.41, 5.74) is 2.47. The van der Waals surface area contributed by atoms with E-state index in [4.69, 9.17) is 43.8 Å². The maximum absolute atomic E-state index is 12.8. The number of nitrogens with one attached hydrogen (secondary N) is 1. The van der Waals surface area contributed by atoms with Crippen LogP contribution in [0.15, 0.2) is 105 Å². The number of H-pyrrole nitrogens is 1. The van der Waals surface area contributed by atoms with Crippen LogP contribution in [0.5, 0.6) is 0 Å². The molecule has 2 aliphatic carbocycles. The summed E-state index contributed by atoms with van der Waals surface area (Å²) in [6.07, 6.45) is 11.4. The summed E-state index contributed by atoms with van der Waals surface area (Å²) in [5, 5.41) is 31.7. The van der Waals surface area contributed by atoms with E-state index in [-0.39, 0.29) is 35.4 Å². The predicted molar refractivity (Wildman–Crippen MR) is 225 cm³/mol. The Labute approximate surface area is 361 Å². The van der Waals surface area contributed by atoms with Gasteiger partial charge in [-0.3, -0.25) is 24.1 Å². The highest BCUT2D eigenvalue weighted by Gasteiger charge is 2.47. The van der Waals surface area contributed by atoms with Crippen molar-refractivity contribution in [1.82, 2.24) is 49.8 Å². The molecule has 8 aromatic rings. The zero-order chi connectivity index (χ0) is 42.9. The van der Waals surface area contributed by atoms with Gasteiger partial charge in [-0.25, -0.2) is 9.97 Å². The molecule has 61 heavy (non-hydrogen) atoms. The fraction of sp³-hybridized carbons (Fsp3) is 0.286. The van der Waals surface area contributed by atoms with Gasteiger partial charge in [-0.15, -0.1) is 11.6 Å². The zero-order valence-electron chi connectivity index (χ0n) is 32.7. The van der Waals surface area contributed by atoms with Crippen LogP contribution in [0.3, 0.4) is 0 Å². The lowest BCUT2D eigenvalue weighted by Crippen LogP contribution is -2.40. The minimum Gasteiger partial charge on any atom is -0.385 e. The molecular weight excluding hydrogens is 847 g/mol. The first-order chi connectivity index (χ1) is 29.3. The summed E-state index contributed by atoms with van der Waals surface area (Å²) in [7, 11) is 0. The lowest BCUT2D eigenvalue weighted by molar-refractivity contribution is -0.0576. The molecule has 0 radical (unpaired) electrons. The first-order valence-corrected chi connectivity index (χ1v) is 20.4. The number of alkyl halides is 1. The monoisotopic (exact) mass is 882 g/mol. The van der Waals surface area contributed by atoms with Gasteiger partial charge >= 0.3 is 0 Å². The highest BCUT2D eigenvalue weighted by atomic mass is 35.5. The van der Waals surface area contributed by atoms with Crippen molar-refractivity contribution < 1.29 is 19.3 Å². The lowest BCUT2D eigenvalue weighted by Gasteiger charge is -2.42. The number of hydrogen-bond acceptors (Lipinski definition) is 14. The van der Waals surface area contributed by atoms with E-state index < -0.39 is 11.2 Å². The normalized spacial score (nSPS) is 20.5. The van der Waals surface area contributed by atoms with Crippen LogP contribution in [0.2, 0.25) is 10.0 Å². The van der Waals surface area contributed by atoms with Gasteiger partial charge in [0.05, 0.1) is 58.1 Å². The number of aliphatic hydroxyl groups is 2. The molecule has 10 rings (SSSR count). The van der Waals surface area contributed by atoms with E-state index >= 15 is 0 Å². The van der Waals surface area contributed by atoms with Crippen molar-refractivity contribution in [1.29, 1.82) is 0 Å². The van der Waals surface area contributed by atoms with Crippen molar-refractivity contribution in [3.8, 4) is 0 Å². The average molecular weight is 884 g/mol. The highest BCUT2D eigenvalue weighted by Crippen LogP contribution is 2.51. The molecule has 2 fully saturated rings. The molecule has 0 spiro atoms. The third-order valence-electron chi connectivity index (χ3n) is 10.9. The molecule has 19 heteroatoms. The molecule has 0 saturated heterocycles. The predicted octanol–water partition coefficient (Wildman–Crippen LogP) is 6.80. The fourth-order valence-corrected chi connectivity index (χ4v) is 7.90. The standard InChI is InChI=1S/C21H18ClN5O3.C13H12Cl2N2O2.C8H7N3O/c1-12-8-23-9-16-18(12)20(28)27(11-24-16)10-17-25-19(26-30-17)13-6-21(29,7-13)14-2-4-15(22)5-3-14;14-7-11-16-12(17-19-11)8-5-13(18,6-8)9-1-3-10(15)4-2-9;1-5-2-9-3-6-7(5)8(12)11-4-10-6/h2-5,8-9,11,13,29H,6-7,10H2,1H3;1-4,8,18H,5-7H2;2-4H,1H3,(H,10,11,12). The maximum Gasteiger partial charge on any atom is 0.262 e. The summed E-state index contributed by atoms with van der Waals surface area (Å²) < 4.78 is 11.8. The van der Waals surface area contributed by atoms with Gasteiger partial charge in [0.25, 0.3) is 11.1 Å². The Hall–Kier alpha value is -5.91. The first kappa shape index (κ1) is 41.8. The van der Waals surface area contributed by atoms with Gasteiger partial charge in [0.1, 0.15) is 12.4 Å². The number of aromatic nitrogens is 10. The van der Waals surface area contributed by atoms with Crippen molar-refractivity contribution in [3.63, 3.8) is 0 Å². The number of hydrogen-bond donors (Lipinski definition) is 3. The third-order valence-corrected chi connectivity index (χ3v) is 11.6. The van der Waals surface area contributed by atoms with Crippen molar-refractivity contribution in [2.24, 2.45) is 0 Å². The van der Waals surface area contributed by atoms with Crippen LogP contribution in [0.25, 0.3) is 21.8 Å². The van der Waals surface area contributed by atoms with E-state index in [0.29, 0.717) is 81.0 Å². The summed E-state index contributed by atoms with van der Waals surface area (Å²) in [4.78, 5) is 51.5. The molecule has 6 aromatic heterocycles. The van der Waals surface area contributed by atoms with Crippen LogP contribution in [0.1, 0.15) is 83.2 Å². The smallest absolute Gasteiger partial charge is 0.262 e. The van der Waals surface area contributed by atoms with E-state index in [9.17, 15) is 19.8 Å². The van der Waals surface area contributed by atoms with Gasteiger partial charge in [-0.2, -0.15) is 9.97 Å². The average Bonchev–Trinajstić information content (AvgIpc) is 3.91. The maximum atomic E-state index is 12.8. The van der Waals surface area contributed by atoms with Crippen LogP contribution in [0.4, 0.5) is 0 Å². The van der Waals surface area contributed by atoms with E-state index in [1.807, 2.05) is 38.1 Å². The van der Waals surface area contributed by atoms with Crippen molar-refractivity contribution >= 4 is 56.6 Å². The Morgan fingerprint density at radius 2 is 1.21 bits per heavy atom. The minimum atomic E-state index is -0.916. The molecule has 2 saturated carbocycles. The molecule has 0 bridgehead atoms. The zero-order valence-corrected chi connectivity index (χ0v) is 34.9. The molecule has 2 aliphatic rings. The molecular formula is C42H37Cl3N10O6. The summed E-state index contributed by atoms with van der Waals surface area (Å²) in [6, 6.07) is 14.4. The second-order valence-corrected chi connectivity index (χ2v) is 16.3. The largest absolute Gasteiger partial charge is 0.385 e. The second-order valence-electron chi connectivity index (χ2n) is 15.1. The van der Waals surface area contributed by atoms with Gasteiger partial charge in [-0.1, -0.05) is 57.8 Å². The number of rotatable bonds is 7. The number of benzene rings is 2. The Morgan fingerprint density at radius 3 is 1.72 bits per heavy atom. The minimum absolute atomic E-state index is 0.0112.